The summed E-state index contributed by atoms with van der Waals surface area (Å²) in [4.78, 5) is 19.0. The Kier molecular flexibility index (Phi) is 6.95. The number of thiazole rings is 1. The van der Waals surface area contributed by atoms with Crippen molar-refractivity contribution in [2.45, 2.75) is 64.7 Å². The molecule has 0 spiro atoms. The van der Waals surface area contributed by atoms with Crippen molar-refractivity contribution < 1.29 is 19.0 Å². The van der Waals surface area contributed by atoms with Gasteiger partial charge in [0.25, 0.3) is 0 Å². The predicted octanol–water partition coefficient (Wildman–Crippen LogP) is 5.11. The normalized spacial score (nSPS) is 19.9. The van der Waals surface area contributed by atoms with Gasteiger partial charge in [-0.1, -0.05) is 36.4 Å². The summed E-state index contributed by atoms with van der Waals surface area (Å²) in [5, 5.41) is 2.80. The van der Waals surface area contributed by atoms with Crippen molar-refractivity contribution in [2.75, 3.05) is 6.61 Å². The number of hydrogen-bond acceptors (Lipinski definition) is 6. The van der Waals surface area contributed by atoms with Gasteiger partial charge in [-0.2, -0.15) is 0 Å². The number of hydrogen-bond donors (Lipinski definition) is 0. The number of ether oxygens (including phenoxy) is 3. The Hall–Kier alpha value is -2.22. The van der Waals surface area contributed by atoms with Crippen molar-refractivity contribution >= 4 is 23.5 Å². The van der Waals surface area contributed by atoms with Crippen LogP contribution in [0.25, 0.3) is 6.08 Å². The van der Waals surface area contributed by atoms with Crippen molar-refractivity contribution in [3.8, 4) is 0 Å². The topological polar surface area (TPSA) is 60.9 Å². The van der Waals surface area contributed by atoms with Crippen molar-refractivity contribution in [1.29, 1.82) is 0 Å². The van der Waals surface area contributed by atoms with Crippen LogP contribution in [0.4, 0.5) is 4.79 Å². The van der Waals surface area contributed by atoms with E-state index in [-0.39, 0.29) is 12.1 Å². The van der Waals surface area contributed by atoms with Gasteiger partial charge in [-0.15, -0.1) is 11.3 Å². The molecule has 162 valence electrons. The second kappa shape index (κ2) is 9.29. The van der Waals surface area contributed by atoms with Crippen LogP contribution >= 0.6 is 11.3 Å². The Morgan fingerprint density at radius 1 is 1.37 bits per heavy atom. The fourth-order valence-corrected chi connectivity index (χ4v) is 3.84. The van der Waals surface area contributed by atoms with E-state index in [1.165, 1.54) is 0 Å². The summed E-state index contributed by atoms with van der Waals surface area (Å²) >= 11 is 1.55. The molecule has 0 saturated carbocycles. The zero-order chi connectivity index (χ0) is 21.8. The fraction of sp³-hybridized carbons (Fsp3) is 0.478. The molecule has 1 amide bonds. The molecule has 1 aromatic heterocycles. The highest BCUT2D eigenvalue weighted by Gasteiger charge is 2.48. The molecular weight excluding hydrogens is 400 g/mol. The molecule has 30 heavy (non-hydrogen) atoms. The maximum atomic E-state index is 13.0. The van der Waals surface area contributed by atoms with Gasteiger partial charge >= 0.3 is 6.09 Å². The van der Waals surface area contributed by atoms with E-state index in [0.29, 0.717) is 13.2 Å². The lowest BCUT2D eigenvalue weighted by Crippen LogP contribution is -2.53. The molecule has 2 aromatic rings. The summed E-state index contributed by atoms with van der Waals surface area (Å²) in [6.07, 6.45) is 4.85. The molecule has 6 nitrogen and oxygen atoms in total. The molecule has 1 fully saturated rings. The first-order chi connectivity index (χ1) is 14.2. The zero-order valence-electron chi connectivity index (χ0n) is 18.2. The monoisotopic (exact) mass is 430 g/mol. The van der Waals surface area contributed by atoms with Crippen LogP contribution in [0.2, 0.25) is 0 Å². The van der Waals surface area contributed by atoms with Gasteiger partial charge < -0.3 is 14.2 Å². The van der Waals surface area contributed by atoms with E-state index in [2.05, 4.69) is 4.98 Å². The van der Waals surface area contributed by atoms with Gasteiger partial charge in [0.1, 0.15) is 16.3 Å². The van der Waals surface area contributed by atoms with E-state index in [4.69, 9.17) is 14.2 Å². The number of nitrogens with zero attached hydrogens (tertiary/aromatic N) is 2. The zero-order valence-corrected chi connectivity index (χ0v) is 19.0. The van der Waals surface area contributed by atoms with Gasteiger partial charge in [0.2, 0.25) is 0 Å². The van der Waals surface area contributed by atoms with Gasteiger partial charge in [0.15, 0.2) is 0 Å². The SMILES string of the molecule is CC(C)(C)OC(=O)N1[C@@H]([C@@H](/C=C\c2nccs2)OCc2ccccc2)COC1(C)C. The van der Waals surface area contributed by atoms with Gasteiger partial charge in [-0.25, -0.2) is 9.78 Å². The molecule has 2 heterocycles. The number of carbonyl (C=O) groups is 1. The Morgan fingerprint density at radius 3 is 2.73 bits per heavy atom. The Bertz CT molecular complexity index is 844. The number of carbonyl (C=O) groups excluding carboxylic acids is 1. The van der Waals surface area contributed by atoms with E-state index in [9.17, 15) is 4.79 Å². The van der Waals surface area contributed by atoms with Crippen molar-refractivity contribution in [3.63, 3.8) is 0 Å². The molecule has 0 radical (unpaired) electrons. The van der Waals surface area contributed by atoms with Crippen LogP contribution in [0, 0.1) is 0 Å². The third-order valence-corrected chi connectivity index (χ3v) is 5.39. The maximum absolute atomic E-state index is 13.0. The average Bonchev–Trinajstić information content (AvgIpc) is 3.28. The maximum Gasteiger partial charge on any atom is 0.413 e. The van der Waals surface area contributed by atoms with Crippen LogP contribution in [0.5, 0.6) is 0 Å². The number of rotatable bonds is 6. The molecule has 3 rings (SSSR count). The summed E-state index contributed by atoms with van der Waals surface area (Å²) in [5.41, 5.74) is -0.333. The third kappa shape index (κ3) is 5.90. The molecule has 0 aliphatic carbocycles. The highest BCUT2D eigenvalue weighted by atomic mass is 32.1. The molecule has 7 heteroatoms. The van der Waals surface area contributed by atoms with E-state index in [1.807, 2.05) is 82.5 Å². The lowest BCUT2D eigenvalue weighted by Gasteiger charge is -2.37. The smallest absolute Gasteiger partial charge is 0.413 e. The van der Waals surface area contributed by atoms with Crippen molar-refractivity contribution in [1.82, 2.24) is 9.88 Å². The third-order valence-electron chi connectivity index (χ3n) is 4.65. The number of aromatic nitrogens is 1. The van der Waals surface area contributed by atoms with Crippen LogP contribution in [0.3, 0.4) is 0 Å². The molecule has 0 bridgehead atoms. The molecule has 0 N–H and O–H groups in total. The van der Waals surface area contributed by atoms with Crippen molar-refractivity contribution in [3.05, 3.63) is 58.6 Å². The molecule has 0 unspecified atom stereocenters. The largest absolute Gasteiger partial charge is 0.444 e. The van der Waals surface area contributed by atoms with Gasteiger partial charge in [-0.3, -0.25) is 4.90 Å². The highest BCUT2D eigenvalue weighted by molar-refractivity contribution is 7.10. The summed E-state index contributed by atoms with van der Waals surface area (Å²) in [5.74, 6) is 0. The quantitative estimate of drug-likeness (QED) is 0.637. The van der Waals surface area contributed by atoms with Gasteiger partial charge in [0.05, 0.1) is 25.4 Å². The summed E-state index contributed by atoms with van der Waals surface area (Å²) in [7, 11) is 0. The van der Waals surface area contributed by atoms with Crippen LogP contribution in [0.15, 0.2) is 48.0 Å². The first kappa shape index (κ1) is 22.5. The second-order valence-corrected chi connectivity index (χ2v) is 9.59. The van der Waals surface area contributed by atoms with E-state index < -0.39 is 17.4 Å². The number of benzene rings is 1. The van der Waals surface area contributed by atoms with Crippen LogP contribution < -0.4 is 0 Å². The molecule has 1 aromatic carbocycles. The first-order valence-corrected chi connectivity index (χ1v) is 10.9. The standard InChI is InChI=1S/C23H30N2O4S/c1-22(2,3)29-21(26)25-18(16-28-23(25,4)5)19(11-12-20-24-13-14-30-20)27-15-17-9-7-6-8-10-17/h6-14,18-19H,15-16H2,1-5H3/b12-11-/t18-,19-/m1/s1. The predicted molar refractivity (Wildman–Crippen MR) is 118 cm³/mol. The average molecular weight is 431 g/mol. The fourth-order valence-electron chi connectivity index (χ4n) is 3.30. The Balaban J connectivity index is 1.84. The molecule has 1 saturated heterocycles. The molecule has 1 aliphatic rings. The number of amides is 1. The summed E-state index contributed by atoms with van der Waals surface area (Å²) in [6, 6.07) is 9.64. The highest BCUT2D eigenvalue weighted by Crippen LogP contribution is 2.32. The Morgan fingerprint density at radius 2 is 2.10 bits per heavy atom. The van der Waals surface area contributed by atoms with Gasteiger partial charge in [0, 0.05) is 11.6 Å². The van der Waals surface area contributed by atoms with Crippen LogP contribution in [-0.4, -0.2) is 46.1 Å². The Labute approximate surface area is 182 Å². The van der Waals surface area contributed by atoms with E-state index in [0.717, 1.165) is 10.6 Å². The molecule has 2 atom stereocenters. The minimum absolute atomic E-state index is 0.324. The van der Waals surface area contributed by atoms with E-state index in [1.54, 1.807) is 22.4 Å². The van der Waals surface area contributed by atoms with E-state index >= 15 is 0 Å². The lowest BCUT2D eigenvalue weighted by atomic mass is 10.1. The second-order valence-electron chi connectivity index (χ2n) is 8.67. The van der Waals surface area contributed by atoms with Crippen LogP contribution in [0.1, 0.15) is 45.2 Å². The van der Waals surface area contributed by atoms with Gasteiger partial charge in [-0.05, 0) is 46.3 Å². The molecular formula is C23H30N2O4S. The summed E-state index contributed by atoms with van der Waals surface area (Å²) < 4.78 is 17.9. The minimum Gasteiger partial charge on any atom is -0.444 e. The molecule has 1 aliphatic heterocycles. The van der Waals surface area contributed by atoms with Crippen molar-refractivity contribution in [2.24, 2.45) is 0 Å². The summed E-state index contributed by atoms with van der Waals surface area (Å²) in [6.45, 7) is 10.1. The lowest BCUT2D eigenvalue weighted by molar-refractivity contribution is -0.0697. The van der Waals surface area contributed by atoms with Crippen LogP contribution in [-0.2, 0) is 20.8 Å². The minimum atomic E-state index is -0.795. The first-order valence-electron chi connectivity index (χ1n) is 10.1.